The first-order valence-electron chi connectivity index (χ1n) is 13.2. The Morgan fingerprint density at radius 3 is 2.46 bits per heavy atom. The molecule has 0 N–H and O–H groups in total. The van der Waals surface area contributed by atoms with E-state index in [9.17, 15) is 9.59 Å². The fraction of sp³-hybridized carbons (Fsp3) is 0.367. The van der Waals surface area contributed by atoms with Gasteiger partial charge in [-0.2, -0.15) is 0 Å². The average Bonchev–Trinajstić information content (AvgIpc) is 3.23. The number of nitrogens with zero attached hydrogens (tertiary/aromatic N) is 2. The highest BCUT2D eigenvalue weighted by atomic mass is 79.9. The number of methoxy groups -OCH3 is 2. The molecule has 0 radical (unpaired) electrons. The number of rotatable bonds is 10. The summed E-state index contributed by atoms with van der Waals surface area (Å²) in [4.78, 5) is 32.3. The summed E-state index contributed by atoms with van der Waals surface area (Å²) in [7, 11) is 3.11. The lowest BCUT2D eigenvalue weighted by Crippen LogP contribution is -2.40. The molecule has 41 heavy (non-hydrogen) atoms. The van der Waals surface area contributed by atoms with E-state index >= 15 is 0 Å². The maximum atomic E-state index is 14.0. The van der Waals surface area contributed by atoms with Crippen molar-refractivity contribution in [3.05, 3.63) is 76.9 Å². The van der Waals surface area contributed by atoms with E-state index in [4.69, 9.17) is 23.7 Å². The standard InChI is InChI=1S/C30H33BrN2O7S/c1-8-38-27-20(31)12-18(13-23(27)37-7)14-24-28(34)33-26(19-10-11-21(40-16(3)4)22(15-19)36-6)25(29(35)39-9-2)17(5)32-30(33)41-24/h10-16,26H,8-9H2,1-7H3/b24-14-/t26-/m0/s1. The molecule has 0 saturated heterocycles. The Bertz CT molecular complexity index is 1670. The largest absolute Gasteiger partial charge is 0.493 e. The smallest absolute Gasteiger partial charge is 0.338 e. The normalized spacial score (nSPS) is 15.0. The van der Waals surface area contributed by atoms with Crippen molar-refractivity contribution in [2.75, 3.05) is 27.4 Å². The number of allylic oxidation sites excluding steroid dienone is 1. The number of benzene rings is 2. The second kappa shape index (κ2) is 12.9. The third-order valence-electron chi connectivity index (χ3n) is 6.22. The Balaban J connectivity index is 1.93. The van der Waals surface area contributed by atoms with Crippen LogP contribution in [-0.4, -0.2) is 44.1 Å². The number of carbonyl (C=O) groups excluding carboxylic acids is 1. The molecule has 0 spiro atoms. The molecule has 1 atom stereocenters. The van der Waals surface area contributed by atoms with Crippen molar-refractivity contribution in [2.45, 2.75) is 46.8 Å². The van der Waals surface area contributed by atoms with Gasteiger partial charge in [0.15, 0.2) is 27.8 Å². The highest BCUT2D eigenvalue weighted by Crippen LogP contribution is 2.38. The molecule has 1 aliphatic heterocycles. The van der Waals surface area contributed by atoms with Crippen LogP contribution in [0.2, 0.25) is 0 Å². The lowest BCUT2D eigenvalue weighted by Gasteiger charge is -2.25. The summed E-state index contributed by atoms with van der Waals surface area (Å²) in [5, 5.41) is 0. The Labute approximate surface area is 250 Å². The monoisotopic (exact) mass is 644 g/mol. The van der Waals surface area contributed by atoms with E-state index in [0.29, 0.717) is 54.7 Å². The van der Waals surface area contributed by atoms with Crippen LogP contribution in [0, 0.1) is 0 Å². The number of aromatic nitrogens is 1. The molecule has 0 amide bonds. The van der Waals surface area contributed by atoms with Crippen molar-refractivity contribution >= 4 is 39.3 Å². The topological polar surface area (TPSA) is 97.6 Å². The van der Waals surface area contributed by atoms with E-state index in [1.54, 1.807) is 52.3 Å². The third kappa shape index (κ3) is 6.20. The van der Waals surface area contributed by atoms with E-state index in [2.05, 4.69) is 20.9 Å². The van der Waals surface area contributed by atoms with Gasteiger partial charge in [0, 0.05) is 0 Å². The minimum atomic E-state index is -0.781. The molecule has 0 bridgehead atoms. The molecule has 218 valence electrons. The van der Waals surface area contributed by atoms with Crippen molar-refractivity contribution in [2.24, 2.45) is 4.99 Å². The third-order valence-corrected chi connectivity index (χ3v) is 7.79. The van der Waals surface area contributed by atoms with Gasteiger partial charge in [0.1, 0.15) is 0 Å². The SMILES string of the molecule is CCOC(=O)C1=C(C)N=c2s/c(=C\c3cc(Br)c(OCC)c(OC)c3)c(=O)n2[C@H]1c1ccc(OC(C)C)c(OC)c1. The summed E-state index contributed by atoms with van der Waals surface area (Å²) in [6.45, 7) is 9.89. The van der Waals surface area contributed by atoms with Gasteiger partial charge in [0.25, 0.3) is 5.56 Å². The Hall–Kier alpha value is -3.57. The van der Waals surface area contributed by atoms with Gasteiger partial charge in [0.2, 0.25) is 0 Å². The first-order chi connectivity index (χ1) is 19.6. The van der Waals surface area contributed by atoms with Gasteiger partial charge in [-0.15, -0.1) is 0 Å². The van der Waals surface area contributed by atoms with Gasteiger partial charge >= 0.3 is 5.97 Å². The Morgan fingerprint density at radius 1 is 1.10 bits per heavy atom. The van der Waals surface area contributed by atoms with Crippen LogP contribution >= 0.6 is 27.3 Å². The summed E-state index contributed by atoms with van der Waals surface area (Å²) < 4.78 is 30.8. The van der Waals surface area contributed by atoms with Crippen molar-refractivity contribution in [3.63, 3.8) is 0 Å². The number of thiazole rings is 1. The zero-order valence-electron chi connectivity index (χ0n) is 24.1. The Morgan fingerprint density at radius 2 is 1.83 bits per heavy atom. The maximum Gasteiger partial charge on any atom is 0.338 e. The van der Waals surface area contributed by atoms with E-state index in [1.807, 2.05) is 32.9 Å². The summed E-state index contributed by atoms with van der Waals surface area (Å²) in [6, 6.07) is 8.28. The number of hydrogen-bond donors (Lipinski definition) is 0. The minimum absolute atomic E-state index is 0.0640. The van der Waals surface area contributed by atoms with Crippen molar-refractivity contribution < 1.29 is 28.5 Å². The van der Waals surface area contributed by atoms with Crippen LogP contribution in [-0.2, 0) is 9.53 Å². The van der Waals surface area contributed by atoms with E-state index < -0.39 is 12.0 Å². The van der Waals surface area contributed by atoms with Gasteiger partial charge in [0.05, 0.1) is 59.9 Å². The van der Waals surface area contributed by atoms with Crippen LogP contribution in [0.3, 0.4) is 0 Å². The molecule has 0 aliphatic carbocycles. The van der Waals surface area contributed by atoms with Crippen molar-refractivity contribution in [1.82, 2.24) is 4.57 Å². The molecule has 9 nitrogen and oxygen atoms in total. The van der Waals surface area contributed by atoms with Gasteiger partial charge in [-0.05, 0) is 92.0 Å². The number of hydrogen-bond acceptors (Lipinski definition) is 9. The van der Waals surface area contributed by atoms with Gasteiger partial charge in [-0.3, -0.25) is 9.36 Å². The molecule has 2 heterocycles. The number of esters is 1. The summed E-state index contributed by atoms with van der Waals surface area (Å²) in [5.74, 6) is 1.64. The predicted octanol–water partition coefficient (Wildman–Crippen LogP) is 4.76. The first-order valence-corrected chi connectivity index (χ1v) is 14.8. The molecule has 0 saturated carbocycles. The zero-order chi connectivity index (χ0) is 29.8. The average molecular weight is 646 g/mol. The molecular weight excluding hydrogens is 612 g/mol. The molecule has 0 fully saturated rings. The number of carbonyl (C=O) groups is 1. The van der Waals surface area contributed by atoms with Crippen LogP contribution in [0.5, 0.6) is 23.0 Å². The zero-order valence-corrected chi connectivity index (χ0v) is 26.5. The summed E-state index contributed by atoms with van der Waals surface area (Å²) in [6.07, 6.45) is 1.71. The van der Waals surface area contributed by atoms with Gasteiger partial charge < -0.3 is 23.7 Å². The summed E-state index contributed by atoms with van der Waals surface area (Å²) in [5.41, 5.74) is 1.87. The van der Waals surface area contributed by atoms with E-state index in [-0.39, 0.29) is 23.8 Å². The molecule has 0 unspecified atom stereocenters. The van der Waals surface area contributed by atoms with Crippen molar-refractivity contribution in [1.29, 1.82) is 0 Å². The second-order valence-electron chi connectivity index (χ2n) is 9.35. The molecule has 11 heteroatoms. The molecule has 1 aromatic heterocycles. The van der Waals surface area contributed by atoms with Crippen molar-refractivity contribution in [3.8, 4) is 23.0 Å². The van der Waals surface area contributed by atoms with E-state index in [0.717, 1.165) is 5.56 Å². The fourth-order valence-electron chi connectivity index (χ4n) is 4.57. The number of fused-ring (bicyclic) bond motifs is 1. The number of halogens is 1. The van der Waals surface area contributed by atoms with Crippen LogP contribution in [0.1, 0.15) is 51.8 Å². The molecule has 1 aliphatic rings. The van der Waals surface area contributed by atoms with Gasteiger partial charge in [-0.1, -0.05) is 17.4 Å². The van der Waals surface area contributed by atoms with Crippen LogP contribution in [0.25, 0.3) is 6.08 Å². The van der Waals surface area contributed by atoms with Crippen LogP contribution in [0.15, 0.2) is 55.9 Å². The lowest BCUT2D eigenvalue weighted by molar-refractivity contribution is -0.139. The lowest BCUT2D eigenvalue weighted by atomic mass is 9.95. The quantitative estimate of drug-likeness (QED) is 0.294. The highest BCUT2D eigenvalue weighted by Gasteiger charge is 2.34. The molecule has 4 rings (SSSR count). The van der Waals surface area contributed by atoms with Crippen LogP contribution in [0.4, 0.5) is 0 Å². The number of ether oxygens (including phenoxy) is 5. The van der Waals surface area contributed by atoms with E-state index in [1.165, 1.54) is 15.9 Å². The highest BCUT2D eigenvalue weighted by molar-refractivity contribution is 9.10. The predicted molar refractivity (Wildman–Crippen MR) is 161 cm³/mol. The minimum Gasteiger partial charge on any atom is -0.493 e. The molecule has 3 aromatic rings. The second-order valence-corrected chi connectivity index (χ2v) is 11.2. The Kier molecular flexibility index (Phi) is 9.60. The van der Waals surface area contributed by atoms with Crippen LogP contribution < -0.4 is 33.8 Å². The molecule has 2 aromatic carbocycles. The summed E-state index contributed by atoms with van der Waals surface area (Å²) >= 11 is 4.79. The van der Waals surface area contributed by atoms with Gasteiger partial charge in [-0.25, -0.2) is 9.79 Å². The first kappa shape index (κ1) is 30.4. The fourth-order valence-corrected chi connectivity index (χ4v) is 6.19. The maximum absolute atomic E-state index is 14.0. The molecular formula is C30H33BrN2O7S.